The number of carbonyl (C=O) groups is 1. The first-order valence-electron chi connectivity index (χ1n) is 5.58. The van der Waals surface area contributed by atoms with Crippen molar-refractivity contribution in [1.82, 2.24) is 4.90 Å². The molecule has 104 valence electrons. The summed E-state index contributed by atoms with van der Waals surface area (Å²) in [6.07, 6.45) is 0. The number of hydrogen-bond acceptors (Lipinski definition) is 3. The second-order valence-corrected chi connectivity index (χ2v) is 7.09. The molecule has 0 bridgehead atoms. The van der Waals surface area contributed by atoms with Gasteiger partial charge in [-0.1, -0.05) is 23.8 Å². The van der Waals surface area contributed by atoms with Gasteiger partial charge in [-0.25, -0.2) is 8.42 Å². The average Bonchev–Trinajstić information content (AvgIpc) is 2.25. The van der Waals surface area contributed by atoms with Crippen LogP contribution in [0.3, 0.4) is 0 Å². The van der Waals surface area contributed by atoms with Crippen molar-refractivity contribution in [3.63, 3.8) is 0 Å². The maximum atomic E-state index is 12.3. The zero-order valence-electron chi connectivity index (χ0n) is 11.1. The predicted octanol–water partition coefficient (Wildman–Crippen LogP) is 2.57. The van der Waals surface area contributed by atoms with E-state index < -0.39 is 15.0 Å². The summed E-state index contributed by atoms with van der Waals surface area (Å²) in [4.78, 5) is 13.5. The van der Waals surface area contributed by atoms with E-state index in [-0.39, 0.29) is 10.5 Å². The molecule has 1 amide bonds. The molecule has 19 heavy (non-hydrogen) atoms. The highest BCUT2D eigenvalue weighted by molar-refractivity contribution is 8.13. The van der Waals surface area contributed by atoms with Gasteiger partial charge in [-0.05, 0) is 26.0 Å². The summed E-state index contributed by atoms with van der Waals surface area (Å²) in [5.41, 5.74) is 1.67. The first kappa shape index (κ1) is 15.7. The van der Waals surface area contributed by atoms with E-state index in [1.54, 1.807) is 27.0 Å². The largest absolute Gasteiger partial charge is 0.338 e. The molecule has 0 N–H and O–H groups in total. The van der Waals surface area contributed by atoms with Gasteiger partial charge in [0, 0.05) is 24.3 Å². The summed E-state index contributed by atoms with van der Waals surface area (Å²) >= 11 is 0. The minimum Gasteiger partial charge on any atom is -0.338 e. The number of benzene rings is 1. The molecule has 4 nitrogen and oxygen atoms in total. The minimum atomic E-state index is -3.95. The van der Waals surface area contributed by atoms with E-state index in [9.17, 15) is 13.2 Å². The number of likely N-dealkylation sites (N-methyl/N-ethyl adjacent to an activating group) is 1. The van der Waals surface area contributed by atoms with Gasteiger partial charge in [-0.3, -0.25) is 4.79 Å². The topological polar surface area (TPSA) is 54.5 Å². The highest BCUT2D eigenvalue weighted by Gasteiger charge is 2.22. The molecule has 0 saturated carbocycles. The average molecular weight is 302 g/mol. The van der Waals surface area contributed by atoms with E-state index in [0.717, 1.165) is 11.1 Å². The summed E-state index contributed by atoms with van der Waals surface area (Å²) < 4.78 is 23.0. The Labute approximate surface area is 118 Å². The van der Waals surface area contributed by atoms with Crippen LogP contribution in [0.15, 0.2) is 35.2 Å². The number of aryl methyl sites for hydroxylation is 1. The SMILES string of the molecule is C=C(C)CN(C)C(=O)c1cc(C)ccc1S(=O)(=O)Cl. The maximum Gasteiger partial charge on any atom is 0.262 e. The monoisotopic (exact) mass is 301 g/mol. The highest BCUT2D eigenvalue weighted by atomic mass is 35.7. The second-order valence-electron chi connectivity index (χ2n) is 4.56. The predicted molar refractivity (Wildman–Crippen MR) is 76.0 cm³/mol. The van der Waals surface area contributed by atoms with Gasteiger partial charge in [0.15, 0.2) is 0 Å². The lowest BCUT2D eigenvalue weighted by Crippen LogP contribution is -2.29. The first-order chi connectivity index (χ1) is 8.62. The van der Waals surface area contributed by atoms with Crippen LogP contribution in [0.4, 0.5) is 0 Å². The molecule has 0 fully saturated rings. The summed E-state index contributed by atoms with van der Waals surface area (Å²) in [6, 6.07) is 4.47. The van der Waals surface area contributed by atoms with Gasteiger partial charge in [-0.15, -0.1) is 0 Å². The van der Waals surface area contributed by atoms with Crippen LogP contribution < -0.4 is 0 Å². The van der Waals surface area contributed by atoms with Crippen molar-refractivity contribution in [3.8, 4) is 0 Å². The fourth-order valence-corrected chi connectivity index (χ4v) is 2.75. The fourth-order valence-electron chi connectivity index (χ4n) is 1.71. The van der Waals surface area contributed by atoms with Crippen LogP contribution in [0.25, 0.3) is 0 Å². The number of nitrogens with zero attached hydrogens (tertiary/aromatic N) is 1. The second kappa shape index (κ2) is 5.75. The molecule has 0 heterocycles. The Kier molecular flexibility index (Phi) is 4.76. The third-order valence-electron chi connectivity index (χ3n) is 2.48. The lowest BCUT2D eigenvalue weighted by atomic mass is 10.1. The Hall–Kier alpha value is -1.33. The van der Waals surface area contributed by atoms with Crippen LogP contribution in [-0.4, -0.2) is 32.8 Å². The number of rotatable bonds is 4. The summed E-state index contributed by atoms with van der Waals surface area (Å²) in [5.74, 6) is -0.397. The van der Waals surface area contributed by atoms with Gasteiger partial charge < -0.3 is 4.90 Å². The van der Waals surface area contributed by atoms with Crippen molar-refractivity contribution >= 4 is 25.6 Å². The highest BCUT2D eigenvalue weighted by Crippen LogP contribution is 2.22. The van der Waals surface area contributed by atoms with Gasteiger partial charge >= 0.3 is 0 Å². The third kappa shape index (κ3) is 4.08. The Morgan fingerprint density at radius 3 is 2.47 bits per heavy atom. The van der Waals surface area contributed by atoms with Crippen molar-refractivity contribution < 1.29 is 13.2 Å². The summed E-state index contributed by atoms with van der Waals surface area (Å²) in [6.45, 7) is 7.65. The molecule has 0 aliphatic rings. The lowest BCUT2D eigenvalue weighted by molar-refractivity contribution is 0.0803. The van der Waals surface area contributed by atoms with Gasteiger partial charge in [0.25, 0.3) is 15.0 Å². The van der Waals surface area contributed by atoms with Gasteiger partial charge in [-0.2, -0.15) is 0 Å². The summed E-state index contributed by atoms with van der Waals surface area (Å²) in [5, 5.41) is 0. The van der Waals surface area contributed by atoms with Crippen molar-refractivity contribution in [1.29, 1.82) is 0 Å². The van der Waals surface area contributed by atoms with Gasteiger partial charge in [0.2, 0.25) is 0 Å². The van der Waals surface area contributed by atoms with Crippen molar-refractivity contribution in [2.75, 3.05) is 13.6 Å². The summed E-state index contributed by atoms with van der Waals surface area (Å²) in [7, 11) is 2.99. The van der Waals surface area contributed by atoms with Crippen LogP contribution in [0.1, 0.15) is 22.8 Å². The van der Waals surface area contributed by atoms with E-state index >= 15 is 0 Å². The Bertz CT molecular complexity index is 623. The number of hydrogen-bond donors (Lipinski definition) is 0. The third-order valence-corrected chi connectivity index (χ3v) is 3.86. The molecule has 0 spiro atoms. The Morgan fingerprint density at radius 2 is 2.00 bits per heavy atom. The first-order valence-corrected chi connectivity index (χ1v) is 7.89. The zero-order chi connectivity index (χ0) is 14.8. The number of amides is 1. The van der Waals surface area contributed by atoms with Crippen LogP contribution in [-0.2, 0) is 9.05 Å². The van der Waals surface area contributed by atoms with Gasteiger partial charge in [0.1, 0.15) is 0 Å². The molecule has 1 rings (SSSR count). The van der Waals surface area contributed by atoms with Crippen LogP contribution >= 0.6 is 10.7 Å². The number of carbonyl (C=O) groups excluding carboxylic acids is 1. The smallest absolute Gasteiger partial charge is 0.262 e. The van der Waals surface area contributed by atoms with E-state index in [0.29, 0.717) is 6.54 Å². The van der Waals surface area contributed by atoms with E-state index in [1.807, 2.05) is 0 Å². The number of halogens is 1. The quantitative estimate of drug-likeness (QED) is 0.634. The minimum absolute atomic E-state index is 0.0822. The lowest BCUT2D eigenvalue weighted by Gasteiger charge is -2.18. The van der Waals surface area contributed by atoms with E-state index in [1.165, 1.54) is 17.0 Å². The van der Waals surface area contributed by atoms with Crippen LogP contribution in [0, 0.1) is 6.92 Å². The molecule has 0 aliphatic heterocycles. The fraction of sp³-hybridized carbons (Fsp3) is 0.308. The van der Waals surface area contributed by atoms with Crippen LogP contribution in [0.2, 0.25) is 0 Å². The normalized spacial score (nSPS) is 11.2. The molecular weight excluding hydrogens is 286 g/mol. The van der Waals surface area contributed by atoms with Crippen molar-refractivity contribution in [2.24, 2.45) is 0 Å². The van der Waals surface area contributed by atoms with Crippen molar-refractivity contribution in [3.05, 3.63) is 41.5 Å². The molecular formula is C13H16ClNO3S. The van der Waals surface area contributed by atoms with Crippen LogP contribution in [0.5, 0.6) is 0 Å². The molecule has 1 aromatic carbocycles. The van der Waals surface area contributed by atoms with E-state index in [4.69, 9.17) is 10.7 Å². The molecule has 0 atom stereocenters. The molecule has 0 aliphatic carbocycles. The molecule has 1 aromatic rings. The maximum absolute atomic E-state index is 12.3. The standard InChI is InChI=1S/C13H16ClNO3S/c1-9(2)8-15(4)13(16)11-7-10(3)5-6-12(11)19(14,17)18/h5-7H,1,8H2,2-4H3. The zero-order valence-corrected chi connectivity index (χ0v) is 12.7. The Balaban J connectivity index is 3.29. The van der Waals surface area contributed by atoms with Gasteiger partial charge in [0.05, 0.1) is 10.5 Å². The van der Waals surface area contributed by atoms with Crippen molar-refractivity contribution in [2.45, 2.75) is 18.7 Å². The molecule has 6 heteroatoms. The Morgan fingerprint density at radius 1 is 1.42 bits per heavy atom. The molecule has 0 unspecified atom stereocenters. The molecule has 0 aromatic heterocycles. The van der Waals surface area contributed by atoms with E-state index in [2.05, 4.69) is 6.58 Å². The molecule has 0 saturated heterocycles. The molecule has 0 radical (unpaired) electrons.